The Morgan fingerprint density at radius 1 is 1.13 bits per heavy atom. The summed E-state index contributed by atoms with van der Waals surface area (Å²) in [5.74, 6) is -0.290. The van der Waals surface area contributed by atoms with E-state index < -0.39 is 10.0 Å². The number of carbonyl (C=O) groups excluding carboxylic acids is 1. The second-order valence-electron chi connectivity index (χ2n) is 4.98. The first-order valence-corrected chi connectivity index (χ1v) is 8.87. The molecule has 0 saturated carbocycles. The van der Waals surface area contributed by atoms with E-state index in [2.05, 4.69) is 10.0 Å². The van der Waals surface area contributed by atoms with Gasteiger partial charge >= 0.3 is 0 Å². The highest BCUT2D eigenvalue weighted by atomic mass is 35.5. The van der Waals surface area contributed by atoms with E-state index in [-0.39, 0.29) is 10.8 Å². The molecule has 0 bridgehead atoms. The van der Waals surface area contributed by atoms with Crippen LogP contribution in [0.25, 0.3) is 0 Å². The summed E-state index contributed by atoms with van der Waals surface area (Å²) in [6.07, 6.45) is 0.838. The molecule has 0 unspecified atom stereocenters. The largest absolute Gasteiger partial charge is 0.325 e. The highest BCUT2D eigenvalue weighted by molar-refractivity contribution is 7.92. The van der Waals surface area contributed by atoms with Crippen molar-refractivity contribution in [3.63, 3.8) is 0 Å². The minimum atomic E-state index is -3.70. The molecule has 2 aromatic rings. The van der Waals surface area contributed by atoms with Gasteiger partial charge in [0.2, 0.25) is 5.91 Å². The third kappa shape index (κ3) is 4.46. The number of hydrogen-bond acceptors (Lipinski definition) is 3. The van der Waals surface area contributed by atoms with E-state index in [0.29, 0.717) is 16.4 Å². The van der Waals surface area contributed by atoms with Crippen LogP contribution in [0.5, 0.6) is 0 Å². The fourth-order valence-electron chi connectivity index (χ4n) is 1.99. The molecule has 2 N–H and O–H groups in total. The van der Waals surface area contributed by atoms with Crippen LogP contribution in [-0.4, -0.2) is 14.3 Å². The Kier molecular flexibility index (Phi) is 5.28. The quantitative estimate of drug-likeness (QED) is 0.862. The Hall–Kier alpha value is -2.05. The molecule has 0 atom stereocenters. The predicted octanol–water partition coefficient (Wildman–Crippen LogP) is 3.66. The van der Waals surface area contributed by atoms with Crippen LogP contribution in [0, 0.1) is 0 Å². The van der Waals surface area contributed by atoms with Gasteiger partial charge < -0.3 is 5.32 Å². The molecule has 2 rings (SSSR count). The molecule has 0 spiro atoms. The molecular weight excluding hydrogens is 336 g/mol. The third-order valence-electron chi connectivity index (χ3n) is 3.17. The van der Waals surface area contributed by atoms with Gasteiger partial charge in [0.1, 0.15) is 0 Å². The predicted molar refractivity (Wildman–Crippen MR) is 92.4 cm³/mol. The van der Waals surface area contributed by atoms with E-state index in [4.69, 9.17) is 11.6 Å². The third-order valence-corrected chi connectivity index (χ3v) is 4.90. The van der Waals surface area contributed by atoms with E-state index in [0.717, 1.165) is 12.0 Å². The molecule has 23 heavy (non-hydrogen) atoms. The molecule has 2 aromatic carbocycles. The van der Waals surface area contributed by atoms with Crippen LogP contribution in [0.15, 0.2) is 47.4 Å². The van der Waals surface area contributed by atoms with Gasteiger partial charge in [0, 0.05) is 6.92 Å². The fourth-order valence-corrected chi connectivity index (χ4v) is 3.21. The summed E-state index contributed by atoms with van der Waals surface area (Å²) >= 11 is 5.97. The molecule has 0 aromatic heterocycles. The van der Waals surface area contributed by atoms with Crippen LogP contribution in [0.2, 0.25) is 5.02 Å². The molecule has 1 amide bonds. The highest BCUT2D eigenvalue weighted by Crippen LogP contribution is 2.27. The standard InChI is InChI=1S/C16H17ClN2O3S/c1-3-12-4-7-14(8-5-12)23(21,22)19-13-6-9-15(17)16(10-13)18-11(2)20/h4-10,19H,3H2,1-2H3,(H,18,20). The van der Waals surface area contributed by atoms with Crippen LogP contribution < -0.4 is 10.0 Å². The first kappa shape index (κ1) is 17.3. The lowest BCUT2D eigenvalue weighted by Gasteiger charge is -2.11. The summed E-state index contributed by atoms with van der Waals surface area (Å²) in [4.78, 5) is 11.3. The number of amides is 1. The van der Waals surface area contributed by atoms with Gasteiger partial charge in [0.25, 0.3) is 10.0 Å². The number of halogens is 1. The van der Waals surface area contributed by atoms with Crippen molar-refractivity contribution in [2.24, 2.45) is 0 Å². The van der Waals surface area contributed by atoms with Gasteiger partial charge in [-0.2, -0.15) is 0 Å². The van der Waals surface area contributed by atoms with Gasteiger partial charge in [0.05, 0.1) is 21.3 Å². The van der Waals surface area contributed by atoms with Gasteiger partial charge in [-0.05, 0) is 42.3 Å². The SMILES string of the molecule is CCc1ccc(S(=O)(=O)Nc2ccc(Cl)c(NC(C)=O)c2)cc1. The molecule has 0 fully saturated rings. The smallest absolute Gasteiger partial charge is 0.261 e. The van der Waals surface area contributed by atoms with Crippen LogP contribution in [0.4, 0.5) is 11.4 Å². The van der Waals surface area contributed by atoms with E-state index >= 15 is 0 Å². The van der Waals surface area contributed by atoms with Gasteiger partial charge in [-0.15, -0.1) is 0 Å². The Morgan fingerprint density at radius 2 is 1.78 bits per heavy atom. The maximum atomic E-state index is 12.4. The Bertz CT molecular complexity index is 818. The van der Waals surface area contributed by atoms with Crippen molar-refractivity contribution in [1.29, 1.82) is 0 Å². The van der Waals surface area contributed by atoms with Crippen molar-refractivity contribution in [2.45, 2.75) is 25.2 Å². The number of hydrogen-bond donors (Lipinski definition) is 2. The van der Waals surface area contributed by atoms with E-state index in [1.54, 1.807) is 24.3 Å². The molecule has 0 heterocycles. The van der Waals surface area contributed by atoms with E-state index in [9.17, 15) is 13.2 Å². The molecule has 0 aliphatic carbocycles. The summed E-state index contributed by atoms with van der Waals surface area (Å²) in [5, 5.41) is 2.88. The summed E-state index contributed by atoms with van der Waals surface area (Å²) in [6.45, 7) is 3.35. The molecular formula is C16H17ClN2O3S. The molecule has 0 aliphatic rings. The van der Waals surface area contributed by atoms with Crippen LogP contribution in [0.3, 0.4) is 0 Å². The van der Waals surface area contributed by atoms with Crippen molar-refractivity contribution in [2.75, 3.05) is 10.0 Å². The van der Waals surface area contributed by atoms with Crippen molar-refractivity contribution < 1.29 is 13.2 Å². The summed E-state index contributed by atoms with van der Waals surface area (Å²) < 4.78 is 27.3. The first-order chi connectivity index (χ1) is 10.8. The lowest BCUT2D eigenvalue weighted by molar-refractivity contribution is -0.114. The number of sulfonamides is 1. The van der Waals surface area contributed by atoms with Crippen molar-refractivity contribution in [3.8, 4) is 0 Å². The maximum absolute atomic E-state index is 12.4. The maximum Gasteiger partial charge on any atom is 0.261 e. The Morgan fingerprint density at radius 3 is 2.35 bits per heavy atom. The van der Waals surface area contributed by atoms with E-state index in [1.807, 2.05) is 6.92 Å². The number of aryl methyl sites for hydroxylation is 1. The first-order valence-electron chi connectivity index (χ1n) is 7.00. The van der Waals surface area contributed by atoms with Crippen LogP contribution in [-0.2, 0) is 21.2 Å². The number of benzene rings is 2. The summed E-state index contributed by atoms with van der Waals surface area (Å²) in [7, 11) is -3.70. The lowest BCUT2D eigenvalue weighted by Crippen LogP contribution is -2.13. The molecule has 122 valence electrons. The number of carbonyl (C=O) groups is 1. The van der Waals surface area contributed by atoms with Gasteiger partial charge in [-0.1, -0.05) is 30.7 Å². The zero-order valence-corrected chi connectivity index (χ0v) is 14.3. The number of rotatable bonds is 5. The molecule has 0 aliphatic heterocycles. The molecule has 7 heteroatoms. The zero-order chi connectivity index (χ0) is 17.0. The second kappa shape index (κ2) is 7.02. The average molecular weight is 353 g/mol. The fraction of sp³-hybridized carbons (Fsp3) is 0.188. The molecule has 5 nitrogen and oxygen atoms in total. The van der Waals surface area contributed by atoms with Gasteiger partial charge in [-0.25, -0.2) is 8.42 Å². The topological polar surface area (TPSA) is 75.3 Å². The highest BCUT2D eigenvalue weighted by Gasteiger charge is 2.15. The van der Waals surface area contributed by atoms with Crippen molar-refractivity contribution >= 4 is 38.9 Å². The van der Waals surface area contributed by atoms with Gasteiger partial charge in [-0.3, -0.25) is 9.52 Å². The average Bonchev–Trinajstić information content (AvgIpc) is 2.50. The Balaban J connectivity index is 2.27. The normalized spacial score (nSPS) is 11.1. The minimum absolute atomic E-state index is 0.172. The molecule has 0 saturated heterocycles. The van der Waals surface area contributed by atoms with Crippen molar-refractivity contribution in [3.05, 3.63) is 53.1 Å². The Labute approximate surface area is 140 Å². The minimum Gasteiger partial charge on any atom is -0.325 e. The number of nitrogens with one attached hydrogen (secondary N) is 2. The second-order valence-corrected chi connectivity index (χ2v) is 7.07. The summed E-state index contributed by atoms with van der Waals surface area (Å²) in [5.41, 5.74) is 1.72. The molecule has 0 radical (unpaired) electrons. The van der Waals surface area contributed by atoms with Crippen LogP contribution >= 0.6 is 11.6 Å². The lowest BCUT2D eigenvalue weighted by atomic mass is 10.2. The number of anilines is 2. The van der Waals surface area contributed by atoms with Crippen LogP contribution in [0.1, 0.15) is 19.4 Å². The van der Waals surface area contributed by atoms with E-state index in [1.165, 1.54) is 25.1 Å². The summed E-state index contributed by atoms with van der Waals surface area (Å²) in [6, 6.07) is 11.2. The zero-order valence-electron chi connectivity index (χ0n) is 12.8. The van der Waals surface area contributed by atoms with Gasteiger partial charge in [0.15, 0.2) is 0 Å². The monoisotopic (exact) mass is 352 g/mol. The van der Waals surface area contributed by atoms with Crippen molar-refractivity contribution in [1.82, 2.24) is 0 Å².